The lowest BCUT2D eigenvalue weighted by molar-refractivity contribution is -0.169. The number of carbonyl (C=O) groups is 2. The van der Waals surface area contributed by atoms with Crippen molar-refractivity contribution in [2.75, 3.05) is 5.32 Å². The van der Waals surface area contributed by atoms with Crippen molar-refractivity contribution in [3.8, 4) is 11.3 Å². The van der Waals surface area contributed by atoms with Crippen LogP contribution in [0.1, 0.15) is 16.7 Å². The third-order valence-corrected chi connectivity index (χ3v) is 4.95. The van der Waals surface area contributed by atoms with Crippen LogP contribution in [-0.2, 0) is 15.8 Å². The van der Waals surface area contributed by atoms with Crippen molar-refractivity contribution in [1.82, 2.24) is 4.98 Å². The minimum absolute atomic E-state index is 0.0986. The van der Waals surface area contributed by atoms with Crippen LogP contribution in [0, 0.1) is 0 Å². The summed E-state index contributed by atoms with van der Waals surface area (Å²) in [6, 6.07) is 10.7. The number of aromatic nitrogens is 1. The topological polar surface area (TPSA) is 71.4 Å². The Bertz CT molecular complexity index is 1380. The summed E-state index contributed by atoms with van der Waals surface area (Å²) in [5, 5.41) is 1.32. The normalized spacial score (nSPS) is 12.8. The average Bonchev–Trinajstić information content (AvgIpc) is 2.81. The molecule has 0 aliphatic heterocycles. The molecule has 1 N–H and O–H groups in total. The van der Waals surface area contributed by atoms with Gasteiger partial charge >= 0.3 is 30.3 Å². The molecule has 5 nitrogen and oxygen atoms in total. The van der Waals surface area contributed by atoms with E-state index in [1.165, 1.54) is 47.8 Å². The molecule has 0 aliphatic rings. The summed E-state index contributed by atoms with van der Waals surface area (Å²) >= 11 is 5.75. The quantitative estimate of drug-likeness (QED) is 0.277. The van der Waals surface area contributed by atoms with Crippen LogP contribution in [0.25, 0.3) is 11.3 Å². The van der Waals surface area contributed by atoms with Gasteiger partial charge in [-0.1, -0.05) is 54.1 Å². The number of carbonyl (C=O) groups excluding carboxylic acids is 2. The molecular formula is C23H11ClF9N3O2. The molecule has 0 saturated heterocycles. The summed E-state index contributed by atoms with van der Waals surface area (Å²) in [6.45, 7) is 0. The fourth-order valence-corrected chi connectivity index (χ4v) is 3.20. The Morgan fingerprint density at radius 2 is 1.39 bits per heavy atom. The Kier molecular flexibility index (Phi) is 7.86. The highest BCUT2D eigenvalue weighted by Crippen LogP contribution is 2.39. The predicted molar refractivity (Wildman–Crippen MR) is 118 cm³/mol. The van der Waals surface area contributed by atoms with Crippen molar-refractivity contribution in [3.05, 3.63) is 82.4 Å². The number of hydrogen-bond acceptors (Lipinski definition) is 3. The Morgan fingerprint density at radius 3 is 1.89 bits per heavy atom. The zero-order valence-corrected chi connectivity index (χ0v) is 19.0. The van der Waals surface area contributed by atoms with Gasteiger partial charge in [-0.25, -0.2) is 9.98 Å². The molecule has 0 aliphatic carbocycles. The van der Waals surface area contributed by atoms with E-state index < -0.39 is 64.3 Å². The first-order valence-electron chi connectivity index (χ1n) is 10.0. The highest BCUT2D eigenvalue weighted by Gasteiger charge is 2.44. The molecule has 3 rings (SSSR count). The van der Waals surface area contributed by atoms with Crippen LogP contribution >= 0.6 is 11.6 Å². The zero-order valence-electron chi connectivity index (χ0n) is 18.3. The van der Waals surface area contributed by atoms with Gasteiger partial charge in [0.25, 0.3) is 0 Å². The fraction of sp³-hybridized carbons (Fsp3) is 0.130. The monoisotopic (exact) mass is 567 g/mol. The van der Waals surface area contributed by atoms with Crippen molar-refractivity contribution < 1.29 is 49.1 Å². The SMILES string of the molecule is O=C(N=C(c1ccccc1)c1c(C(F)(F)F)cc(-c2ccc(Cl)cc2)nc1NC(=O)C(F)(F)F)C(F)(F)F. The first-order chi connectivity index (χ1) is 17.5. The number of rotatable bonds is 4. The second-order valence-electron chi connectivity index (χ2n) is 7.36. The van der Waals surface area contributed by atoms with E-state index in [1.54, 1.807) is 0 Å². The second-order valence-corrected chi connectivity index (χ2v) is 7.80. The number of anilines is 1. The van der Waals surface area contributed by atoms with Gasteiger partial charge in [0.15, 0.2) is 0 Å². The number of halogens is 10. The summed E-state index contributed by atoms with van der Waals surface area (Å²) in [7, 11) is 0. The average molecular weight is 568 g/mol. The van der Waals surface area contributed by atoms with Gasteiger partial charge in [-0.15, -0.1) is 0 Å². The van der Waals surface area contributed by atoms with Crippen LogP contribution < -0.4 is 5.32 Å². The van der Waals surface area contributed by atoms with Gasteiger partial charge in [-0.3, -0.25) is 9.59 Å². The van der Waals surface area contributed by atoms with Gasteiger partial charge in [-0.2, -0.15) is 39.5 Å². The van der Waals surface area contributed by atoms with Gasteiger partial charge in [0, 0.05) is 16.1 Å². The zero-order chi connectivity index (χ0) is 28.5. The molecule has 0 unspecified atom stereocenters. The highest BCUT2D eigenvalue weighted by molar-refractivity contribution is 6.30. The standard InChI is InChI=1S/C23H11ClF9N3O2/c24-13-8-6-11(7-9-13)15-10-14(21(25,26)27)16(18(34-15)36-20(38)23(31,32)33)17(12-4-2-1-3-5-12)35-19(37)22(28,29)30/h1-10H,(H,34,36,38). The van der Waals surface area contributed by atoms with Crippen LogP contribution in [0.15, 0.2) is 65.7 Å². The number of nitrogens with one attached hydrogen (secondary N) is 1. The van der Waals surface area contributed by atoms with Crippen molar-refractivity contribution in [2.45, 2.75) is 18.5 Å². The number of nitrogens with zero attached hydrogens (tertiary/aromatic N) is 2. The van der Waals surface area contributed by atoms with Crippen LogP contribution in [0.5, 0.6) is 0 Å². The minimum atomic E-state index is -5.65. The highest BCUT2D eigenvalue weighted by atomic mass is 35.5. The lowest BCUT2D eigenvalue weighted by Gasteiger charge is -2.21. The molecule has 0 fully saturated rings. The van der Waals surface area contributed by atoms with E-state index >= 15 is 0 Å². The molecule has 1 aromatic heterocycles. The van der Waals surface area contributed by atoms with Crippen molar-refractivity contribution >= 4 is 34.9 Å². The molecule has 0 bridgehead atoms. The van der Waals surface area contributed by atoms with Gasteiger partial charge in [0.2, 0.25) is 0 Å². The van der Waals surface area contributed by atoms with Crippen LogP contribution in [-0.4, -0.2) is 34.9 Å². The van der Waals surface area contributed by atoms with E-state index in [2.05, 4.69) is 9.98 Å². The molecule has 2 amide bonds. The van der Waals surface area contributed by atoms with Crippen LogP contribution in [0.3, 0.4) is 0 Å². The van der Waals surface area contributed by atoms with Gasteiger partial charge in [-0.05, 0) is 18.2 Å². The van der Waals surface area contributed by atoms with E-state index in [0.29, 0.717) is 6.07 Å². The van der Waals surface area contributed by atoms with Crippen LogP contribution in [0.2, 0.25) is 5.02 Å². The predicted octanol–water partition coefficient (Wildman–Crippen LogP) is 6.85. The Hall–Kier alpha value is -3.94. The Balaban J connectivity index is 2.46. The third kappa shape index (κ3) is 6.68. The van der Waals surface area contributed by atoms with Crippen molar-refractivity contribution in [1.29, 1.82) is 0 Å². The number of amides is 2. The minimum Gasteiger partial charge on any atom is -0.302 e. The second kappa shape index (κ2) is 10.4. The molecule has 200 valence electrons. The van der Waals surface area contributed by atoms with E-state index in [4.69, 9.17) is 11.6 Å². The van der Waals surface area contributed by atoms with E-state index in [1.807, 2.05) is 0 Å². The van der Waals surface area contributed by atoms with E-state index in [9.17, 15) is 49.1 Å². The number of pyridine rings is 1. The summed E-state index contributed by atoms with van der Waals surface area (Å²) in [5.41, 5.74) is -5.88. The molecule has 2 aromatic carbocycles. The molecule has 0 spiro atoms. The summed E-state index contributed by atoms with van der Waals surface area (Å²) in [4.78, 5) is 29.9. The first kappa shape index (κ1) is 28.6. The maximum absolute atomic E-state index is 14.3. The van der Waals surface area contributed by atoms with Gasteiger partial charge < -0.3 is 5.32 Å². The smallest absolute Gasteiger partial charge is 0.302 e. The molecule has 38 heavy (non-hydrogen) atoms. The Labute approximate surface area is 212 Å². The number of aliphatic imine (C=N–C) groups is 1. The van der Waals surface area contributed by atoms with E-state index in [-0.39, 0.29) is 10.6 Å². The van der Waals surface area contributed by atoms with Crippen molar-refractivity contribution in [2.24, 2.45) is 4.99 Å². The van der Waals surface area contributed by atoms with Gasteiger partial charge in [0.1, 0.15) is 5.82 Å². The van der Waals surface area contributed by atoms with E-state index in [0.717, 1.165) is 12.1 Å². The molecular weight excluding hydrogens is 557 g/mol. The molecule has 3 aromatic rings. The maximum Gasteiger partial charge on any atom is 0.473 e. The number of hydrogen-bond donors (Lipinski definition) is 1. The maximum atomic E-state index is 14.3. The van der Waals surface area contributed by atoms with Crippen LogP contribution in [0.4, 0.5) is 45.3 Å². The van der Waals surface area contributed by atoms with Gasteiger partial charge in [0.05, 0.1) is 22.5 Å². The van der Waals surface area contributed by atoms with Crippen molar-refractivity contribution in [3.63, 3.8) is 0 Å². The number of alkyl halides is 9. The first-order valence-corrected chi connectivity index (χ1v) is 10.4. The molecule has 0 saturated carbocycles. The summed E-state index contributed by atoms with van der Waals surface area (Å²) in [5.74, 6) is -7.06. The lowest BCUT2D eigenvalue weighted by Crippen LogP contribution is -2.32. The largest absolute Gasteiger partial charge is 0.473 e. The molecule has 1 heterocycles. The summed E-state index contributed by atoms with van der Waals surface area (Å²) in [6.07, 6.45) is -16.7. The molecule has 0 atom stereocenters. The molecule has 15 heteroatoms. The Morgan fingerprint density at radius 1 is 0.816 bits per heavy atom. The number of benzene rings is 2. The lowest BCUT2D eigenvalue weighted by atomic mass is 9.95. The third-order valence-electron chi connectivity index (χ3n) is 4.69. The summed E-state index contributed by atoms with van der Waals surface area (Å²) < 4.78 is 121. The fourth-order valence-electron chi connectivity index (χ4n) is 3.07. The molecule has 0 radical (unpaired) electrons.